The summed E-state index contributed by atoms with van der Waals surface area (Å²) >= 11 is 0. The molecular weight excluding hydrogens is 360 g/mol. The van der Waals surface area contributed by atoms with Crippen LogP contribution in [0.3, 0.4) is 0 Å². The van der Waals surface area contributed by atoms with Crippen LogP contribution in [-0.4, -0.2) is 18.7 Å². The predicted molar refractivity (Wildman–Crippen MR) is 117 cm³/mol. The second-order valence-corrected chi connectivity index (χ2v) is 8.15. The smallest absolute Gasteiger partial charge is 0.147 e. The summed E-state index contributed by atoms with van der Waals surface area (Å²) in [4.78, 5) is 24.6. The van der Waals surface area contributed by atoms with E-state index in [0.717, 1.165) is 33.2 Å². The second kappa shape index (κ2) is 7.82. The molecule has 0 aliphatic heterocycles. The van der Waals surface area contributed by atoms with Crippen LogP contribution < -0.4 is 4.74 Å². The number of carbonyl (C=O) groups excluding carboxylic acids is 2. The molecule has 4 rings (SSSR count). The first-order valence-electron chi connectivity index (χ1n) is 10.3. The summed E-state index contributed by atoms with van der Waals surface area (Å²) in [6, 6.07) is 18.6. The number of carbonyl (C=O) groups is 2. The van der Waals surface area contributed by atoms with Gasteiger partial charge in [-0.15, -0.1) is 0 Å². The van der Waals surface area contributed by atoms with Gasteiger partial charge >= 0.3 is 0 Å². The third-order valence-corrected chi connectivity index (χ3v) is 5.87. The Morgan fingerprint density at radius 1 is 0.828 bits per heavy atom. The minimum absolute atomic E-state index is 0.0525. The minimum atomic E-state index is -0.581. The van der Waals surface area contributed by atoms with Crippen molar-refractivity contribution in [3.63, 3.8) is 0 Å². The monoisotopic (exact) mass is 386 g/mol. The van der Waals surface area contributed by atoms with Crippen LogP contribution >= 0.6 is 0 Å². The number of methoxy groups -OCH3 is 1. The first-order chi connectivity index (χ1) is 14.0. The maximum absolute atomic E-state index is 12.3. The van der Waals surface area contributed by atoms with Crippen molar-refractivity contribution in [1.29, 1.82) is 0 Å². The van der Waals surface area contributed by atoms with Crippen molar-refractivity contribution in [2.45, 2.75) is 44.9 Å². The third kappa shape index (κ3) is 3.69. The molecule has 3 aromatic carbocycles. The Hall–Kier alpha value is -2.94. The molecule has 0 bridgehead atoms. The van der Waals surface area contributed by atoms with Crippen LogP contribution in [0.15, 0.2) is 54.6 Å². The lowest BCUT2D eigenvalue weighted by Crippen LogP contribution is -2.26. The highest BCUT2D eigenvalue weighted by Crippen LogP contribution is 2.34. The number of benzene rings is 3. The van der Waals surface area contributed by atoms with Crippen molar-refractivity contribution in [3.8, 4) is 16.9 Å². The van der Waals surface area contributed by atoms with Crippen LogP contribution in [0, 0.1) is 0 Å². The average molecular weight is 386 g/mol. The van der Waals surface area contributed by atoms with E-state index in [4.69, 9.17) is 4.74 Å². The molecule has 0 amide bonds. The lowest BCUT2D eigenvalue weighted by molar-refractivity contribution is -0.131. The molecule has 0 radical (unpaired) electrons. The molecule has 29 heavy (non-hydrogen) atoms. The molecule has 0 spiro atoms. The van der Waals surface area contributed by atoms with E-state index >= 15 is 0 Å². The van der Waals surface area contributed by atoms with E-state index in [1.54, 1.807) is 7.11 Å². The standard InChI is InChI=1S/C26H26O3/c1-16(2)22-15-20(11-12-25(22)29-3)18-7-8-19-14-21(10-9-17(19)13-18)26-23(27)5-4-6-24(26)28/h7-16,26H,4-6H2,1-3H3. The molecule has 3 heteroatoms. The molecule has 1 aliphatic carbocycles. The zero-order chi connectivity index (χ0) is 20.5. The van der Waals surface area contributed by atoms with Crippen LogP contribution in [0.5, 0.6) is 5.75 Å². The fourth-order valence-corrected chi connectivity index (χ4v) is 4.27. The van der Waals surface area contributed by atoms with Gasteiger partial charge < -0.3 is 4.74 Å². The molecule has 3 nitrogen and oxygen atoms in total. The van der Waals surface area contributed by atoms with Crippen molar-refractivity contribution in [3.05, 3.63) is 65.7 Å². The Labute approximate surface area is 171 Å². The molecule has 0 saturated heterocycles. The van der Waals surface area contributed by atoms with Gasteiger partial charge in [-0.25, -0.2) is 0 Å². The maximum atomic E-state index is 12.3. The van der Waals surface area contributed by atoms with E-state index < -0.39 is 5.92 Å². The second-order valence-electron chi connectivity index (χ2n) is 8.15. The van der Waals surface area contributed by atoms with Crippen molar-refractivity contribution < 1.29 is 14.3 Å². The Morgan fingerprint density at radius 3 is 2.14 bits per heavy atom. The zero-order valence-electron chi connectivity index (χ0n) is 17.2. The van der Waals surface area contributed by atoms with Crippen LogP contribution in [-0.2, 0) is 9.59 Å². The highest BCUT2D eigenvalue weighted by Gasteiger charge is 2.31. The van der Waals surface area contributed by atoms with Crippen LogP contribution in [0.4, 0.5) is 0 Å². The van der Waals surface area contributed by atoms with Gasteiger partial charge in [0, 0.05) is 12.8 Å². The minimum Gasteiger partial charge on any atom is -0.496 e. The van der Waals surface area contributed by atoms with Gasteiger partial charge in [0.15, 0.2) is 0 Å². The van der Waals surface area contributed by atoms with Gasteiger partial charge in [0.2, 0.25) is 0 Å². The fourth-order valence-electron chi connectivity index (χ4n) is 4.27. The first kappa shape index (κ1) is 19.4. The molecule has 0 heterocycles. The van der Waals surface area contributed by atoms with Gasteiger partial charge in [-0.05, 0) is 69.6 Å². The molecule has 1 saturated carbocycles. The lowest BCUT2D eigenvalue weighted by atomic mass is 9.81. The average Bonchev–Trinajstić information content (AvgIpc) is 2.72. The van der Waals surface area contributed by atoms with E-state index in [9.17, 15) is 9.59 Å². The van der Waals surface area contributed by atoms with Crippen LogP contribution in [0.1, 0.15) is 56.1 Å². The topological polar surface area (TPSA) is 43.4 Å². The maximum Gasteiger partial charge on any atom is 0.147 e. The summed E-state index contributed by atoms with van der Waals surface area (Å²) in [5.74, 6) is 0.811. The van der Waals surface area contributed by atoms with E-state index in [0.29, 0.717) is 25.2 Å². The SMILES string of the molecule is COc1ccc(-c2ccc3cc(C4C(=O)CCCC4=O)ccc3c2)cc1C(C)C. The van der Waals surface area contributed by atoms with Gasteiger partial charge in [-0.3, -0.25) is 9.59 Å². The Bertz CT molecular complexity index is 1080. The summed E-state index contributed by atoms with van der Waals surface area (Å²) in [7, 11) is 1.70. The summed E-state index contributed by atoms with van der Waals surface area (Å²) in [5.41, 5.74) is 4.30. The fraction of sp³-hybridized carbons (Fsp3) is 0.308. The molecule has 148 valence electrons. The van der Waals surface area contributed by atoms with Crippen molar-refractivity contribution in [2.24, 2.45) is 0 Å². The summed E-state index contributed by atoms with van der Waals surface area (Å²) in [6.45, 7) is 4.33. The Balaban J connectivity index is 1.72. The molecule has 0 atom stereocenters. The molecule has 1 fully saturated rings. The number of ether oxygens (including phenoxy) is 1. The summed E-state index contributed by atoms with van der Waals surface area (Å²) < 4.78 is 5.50. The largest absolute Gasteiger partial charge is 0.496 e. The van der Waals surface area contributed by atoms with Crippen molar-refractivity contribution >= 4 is 22.3 Å². The van der Waals surface area contributed by atoms with E-state index in [1.165, 1.54) is 5.56 Å². The van der Waals surface area contributed by atoms with Gasteiger partial charge in [-0.1, -0.05) is 44.2 Å². The number of Topliss-reactive ketones (excluding diaryl/α,β-unsaturated/α-hetero) is 2. The van der Waals surface area contributed by atoms with Gasteiger partial charge in [0.05, 0.1) is 7.11 Å². The quantitative estimate of drug-likeness (QED) is 0.513. The van der Waals surface area contributed by atoms with Gasteiger partial charge in [-0.2, -0.15) is 0 Å². The van der Waals surface area contributed by atoms with Crippen LogP contribution in [0.2, 0.25) is 0 Å². The molecule has 0 unspecified atom stereocenters. The number of hydrogen-bond donors (Lipinski definition) is 0. The Kier molecular flexibility index (Phi) is 5.23. The number of ketones is 2. The van der Waals surface area contributed by atoms with E-state index in [2.05, 4.69) is 44.2 Å². The summed E-state index contributed by atoms with van der Waals surface area (Å²) in [5, 5.41) is 2.15. The first-order valence-corrected chi connectivity index (χ1v) is 10.3. The van der Waals surface area contributed by atoms with E-state index in [1.807, 2.05) is 24.3 Å². The Morgan fingerprint density at radius 2 is 1.45 bits per heavy atom. The zero-order valence-corrected chi connectivity index (χ0v) is 17.2. The van der Waals surface area contributed by atoms with Crippen molar-refractivity contribution in [2.75, 3.05) is 7.11 Å². The van der Waals surface area contributed by atoms with Gasteiger partial charge in [0.25, 0.3) is 0 Å². The number of rotatable bonds is 4. The molecule has 0 N–H and O–H groups in total. The number of fused-ring (bicyclic) bond motifs is 1. The van der Waals surface area contributed by atoms with Crippen LogP contribution in [0.25, 0.3) is 21.9 Å². The summed E-state index contributed by atoms with van der Waals surface area (Å²) in [6.07, 6.45) is 1.69. The van der Waals surface area contributed by atoms with Crippen molar-refractivity contribution in [1.82, 2.24) is 0 Å². The molecular formula is C26H26O3. The predicted octanol–water partition coefficient (Wildman–Crippen LogP) is 6.04. The molecule has 1 aliphatic rings. The highest BCUT2D eigenvalue weighted by atomic mass is 16.5. The van der Waals surface area contributed by atoms with E-state index in [-0.39, 0.29) is 11.6 Å². The lowest BCUT2D eigenvalue weighted by Gasteiger charge is -2.20. The highest BCUT2D eigenvalue weighted by molar-refractivity contribution is 6.09. The molecule has 0 aromatic heterocycles. The number of hydrogen-bond acceptors (Lipinski definition) is 3. The van der Waals surface area contributed by atoms with Gasteiger partial charge in [0.1, 0.15) is 23.2 Å². The normalized spacial score (nSPS) is 15.3. The molecule has 3 aromatic rings. The third-order valence-electron chi connectivity index (χ3n) is 5.87.